The Bertz CT molecular complexity index is 1240. The molecule has 1 saturated heterocycles. The molecule has 31 heavy (non-hydrogen) atoms. The Hall–Kier alpha value is -3.31. The lowest BCUT2D eigenvalue weighted by Crippen LogP contribution is -2.32. The van der Waals surface area contributed by atoms with E-state index in [1.54, 1.807) is 16.7 Å². The van der Waals surface area contributed by atoms with E-state index in [4.69, 9.17) is 9.47 Å². The van der Waals surface area contributed by atoms with E-state index in [9.17, 15) is 18.0 Å². The van der Waals surface area contributed by atoms with Crippen molar-refractivity contribution in [2.45, 2.75) is 23.8 Å². The number of esters is 2. The molecule has 1 aromatic carbocycles. The lowest BCUT2D eigenvalue weighted by atomic mass is 10.1. The molecule has 2 aromatic heterocycles. The third kappa shape index (κ3) is 3.66. The summed E-state index contributed by atoms with van der Waals surface area (Å²) in [5, 5.41) is 8.33. The number of hydrogen-bond acceptors (Lipinski definition) is 8. The average Bonchev–Trinajstić information content (AvgIpc) is 3.44. The van der Waals surface area contributed by atoms with Crippen molar-refractivity contribution < 1.29 is 27.5 Å². The number of pyridine rings is 1. The minimum absolute atomic E-state index is 0.0624. The number of fused-ring (bicyclic) bond motifs is 1. The van der Waals surface area contributed by atoms with E-state index in [1.807, 2.05) is 12.1 Å². The Morgan fingerprint density at radius 2 is 1.71 bits per heavy atom. The van der Waals surface area contributed by atoms with Crippen LogP contribution in [0.3, 0.4) is 0 Å². The standard InChI is InChI=1S/C20H20N4O6S/c1-29-19(25)13-10-14(20(26)30-2)12-15(11-13)31(27,28)24-9-5-6-16(24)18-22-21-17-7-3-4-8-23(17)18/h3-4,7-8,10-12,16H,5-6,9H2,1-2H3. The van der Waals surface area contributed by atoms with E-state index >= 15 is 0 Å². The molecule has 3 aromatic rings. The Labute approximate surface area is 178 Å². The van der Waals surface area contributed by atoms with Crippen molar-refractivity contribution in [1.29, 1.82) is 0 Å². The number of methoxy groups -OCH3 is 2. The largest absolute Gasteiger partial charge is 0.465 e. The van der Waals surface area contributed by atoms with Gasteiger partial charge < -0.3 is 9.47 Å². The maximum atomic E-state index is 13.6. The van der Waals surface area contributed by atoms with Gasteiger partial charge in [0, 0.05) is 12.7 Å². The number of aromatic nitrogens is 3. The van der Waals surface area contributed by atoms with Crippen molar-refractivity contribution in [3.8, 4) is 0 Å². The lowest BCUT2D eigenvalue weighted by Gasteiger charge is -2.23. The SMILES string of the molecule is COC(=O)c1cc(C(=O)OC)cc(S(=O)(=O)N2CCCC2c2nnc3ccccn23)c1. The summed E-state index contributed by atoms with van der Waals surface area (Å²) in [5.41, 5.74) is 0.489. The number of hydrogen-bond donors (Lipinski definition) is 0. The first-order chi connectivity index (χ1) is 14.9. The normalized spacial score (nSPS) is 17.0. The minimum Gasteiger partial charge on any atom is -0.465 e. The predicted molar refractivity (Wildman–Crippen MR) is 108 cm³/mol. The van der Waals surface area contributed by atoms with Crippen molar-refractivity contribution in [3.05, 3.63) is 59.5 Å². The van der Waals surface area contributed by atoms with Crippen molar-refractivity contribution in [2.75, 3.05) is 20.8 Å². The molecule has 1 fully saturated rings. The first-order valence-electron chi connectivity index (χ1n) is 9.50. The average molecular weight is 444 g/mol. The zero-order chi connectivity index (χ0) is 22.2. The first kappa shape index (κ1) is 20.9. The summed E-state index contributed by atoms with van der Waals surface area (Å²) in [7, 11) is -1.72. The van der Waals surface area contributed by atoms with Crippen LogP contribution in [0.15, 0.2) is 47.5 Å². The van der Waals surface area contributed by atoms with Crippen LogP contribution in [0, 0.1) is 0 Å². The minimum atomic E-state index is -4.07. The maximum absolute atomic E-state index is 13.6. The molecule has 4 rings (SSSR count). The van der Waals surface area contributed by atoms with E-state index in [0.29, 0.717) is 24.3 Å². The third-order valence-electron chi connectivity index (χ3n) is 5.20. The van der Waals surface area contributed by atoms with Crippen LogP contribution >= 0.6 is 0 Å². The molecule has 0 radical (unpaired) electrons. The van der Waals surface area contributed by atoms with E-state index in [0.717, 1.165) is 0 Å². The van der Waals surface area contributed by atoms with Crippen molar-refractivity contribution in [3.63, 3.8) is 0 Å². The molecule has 1 aliphatic rings. The van der Waals surface area contributed by atoms with Gasteiger partial charge in [-0.25, -0.2) is 18.0 Å². The Morgan fingerprint density at radius 3 is 2.35 bits per heavy atom. The fraction of sp³-hybridized carbons (Fsp3) is 0.300. The topological polar surface area (TPSA) is 120 Å². The fourth-order valence-electron chi connectivity index (χ4n) is 3.73. The molecular formula is C20H20N4O6S. The lowest BCUT2D eigenvalue weighted by molar-refractivity contribution is 0.0598. The number of rotatable bonds is 5. The van der Waals surface area contributed by atoms with Crippen LogP contribution in [0.4, 0.5) is 0 Å². The number of benzene rings is 1. The zero-order valence-electron chi connectivity index (χ0n) is 16.9. The number of sulfonamides is 1. The molecule has 0 spiro atoms. The maximum Gasteiger partial charge on any atom is 0.337 e. The number of ether oxygens (including phenoxy) is 2. The van der Waals surface area contributed by atoms with E-state index in [1.165, 1.54) is 36.7 Å². The van der Waals surface area contributed by atoms with Gasteiger partial charge >= 0.3 is 11.9 Å². The van der Waals surface area contributed by atoms with Gasteiger partial charge in [-0.05, 0) is 43.2 Å². The molecule has 162 valence electrons. The highest BCUT2D eigenvalue weighted by Gasteiger charge is 2.39. The first-order valence-corrected chi connectivity index (χ1v) is 10.9. The van der Waals surface area contributed by atoms with Gasteiger partial charge in [0.05, 0.1) is 36.3 Å². The highest BCUT2D eigenvalue weighted by Crippen LogP contribution is 2.36. The molecular weight excluding hydrogens is 424 g/mol. The second-order valence-electron chi connectivity index (χ2n) is 6.99. The van der Waals surface area contributed by atoms with Gasteiger partial charge in [0.2, 0.25) is 10.0 Å². The quantitative estimate of drug-likeness (QED) is 0.547. The Morgan fingerprint density at radius 1 is 1.03 bits per heavy atom. The van der Waals surface area contributed by atoms with Crippen molar-refractivity contribution >= 4 is 27.6 Å². The molecule has 3 heterocycles. The van der Waals surface area contributed by atoms with Crippen LogP contribution in [0.25, 0.3) is 5.65 Å². The van der Waals surface area contributed by atoms with Crippen molar-refractivity contribution in [1.82, 2.24) is 18.9 Å². The monoisotopic (exact) mass is 444 g/mol. The van der Waals surface area contributed by atoms with Crippen LogP contribution in [0.2, 0.25) is 0 Å². The summed E-state index contributed by atoms with van der Waals surface area (Å²) >= 11 is 0. The van der Waals surface area contributed by atoms with E-state index in [-0.39, 0.29) is 22.6 Å². The smallest absolute Gasteiger partial charge is 0.337 e. The van der Waals surface area contributed by atoms with E-state index in [2.05, 4.69) is 10.2 Å². The Balaban J connectivity index is 1.80. The number of nitrogens with zero attached hydrogens (tertiary/aromatic N) is 4. The third-order valence-corrected chi connectivity index (χ3v) is 7.08. The van der Waals surface area contributed by atoms with Gasteiger partial charge in [0.15, 0.2) is 11.5 Å². The highest BCUT2D eigenvalue weighted by molar-refractivity contribution is 7.89. The molecule has 0 bridgehead atoms. The highest BCUT2D eigenvalue weighted by atomic mass is 32.2. The van der Waals surface area contributed by atoms with Gasteiger partial charge in [-0.2, -0.15) is 4.31 Å². The molecule has 1 aliphatic heterocycles. The molecule has 11 heteroatoms. The molecule has 0 amide bonds. The van der Waals surface area contributed by atoms with Crippen LogP contribution in [0.1, 0.15) is 45.4 Å². The molecule has 1 atom stereocenters. The number of carbonyl (C=O) groups is 2. The van der Waals surface area contributed by atoms with Crippen LogP contribution in [0.5, 0.6) is 0 Å². The number of carbonyl (C=O) groups excluding carboxylic acids is 2. The Kier molecular flexibility index (Phi) is 5.46. The molecule has 0 saturated carbocycles. The molecule has 1 unspecified atom stereocenters. The van der Waals surface area contributed by atoms with Gasteiger partial charge in [0.1, 0.15) is 0 Å². The molecule has 0 N–H and O–H groups in total. The summed E-state index contributed by atoms with van der Waals surface area (Å²) in [4.78, 5) is 23.9. The second-order valence-corrected chi connectivity index (χ2v) is 8.88. The second kappa shape index (κ2) is 8.08. The van der Waals surface area contributed by atoms with Gasteiger partial charge in [-0.15, -0.1) is 10.2 Å². The van der Waals surface area contributed by atoms with Gasteiger partial charge in [0.25, 0.3) is 0 Å². The van der Waals surface area contributed by atoms with Crippen molar-refractivity contribution in [2.24, 2.45) is 0 Å². The summed E-state index contributed by atoms with van der Waals surface area (Å²) in [5.74, 6) is -1.01. The fourth-order valence-corrected chi connectivity index (χ4v) is 5.45. The van der Waals surface area contributed by atoms with Crippen LogP contribution < -0.4 is 0 Å². The van der Waals surface area contributed by atoms with Crippen LogP contribution in [-0.4, -0.2) is 60.0 Å². The zero-order valence-corrected chi connectivity index (χ0v) is 17.7. The van der Waals surface area contributed by atoms with Gasteiger partial charge in [-0.3, -0.25) is 4.40 Å². The molecule has 0 aliphatic carbocycles. The summed E-state index contributed by atoms with van der Waals surface area (Å²) in [6.45, 7) is 0.269. The molecule has 10 nitrogen and oxygen atoms in total. The summed E-state index contributed by atoms with van der Waals surface area (Å²) < 4.78 is 39.6. The van der Waals surface area contributed by atoms with Gasteiger partial charge in [-0.1, -0.05) is 6.07 Å². The summed E-state index contributed by atoms with van der Waals surface area (Å²) in [6.07, 6.45) is 2.97. The van der Waals surface area contributed by atoms with Crippen LogP contribution in [-0.2, 0) is 19.5 Å². The predicted octanol–water partition coefficient (Wildman–Crippen LogP) is 1.83. The van der Waals surface area contributed by atoms with E-state index < -0.39 is 28.0 Å². The summed E-state index contributed by atoms with van der Waals surface area (Å²) in [6, 6.07) is 8.53.